The molecule has 2 heterocycles. The highest BCUT2D eigenvalue weighted by molar-refractivity contribution is 9.10. The maximum atomic E-state index is 12.3. The number of piperazine rings is 1. The van der Waals surface area contributed by atoms with E-state index in [0.717, 1.165) is 24.5 Å². The van der Waals surface area contributed by atoms with Crippen molar-refractivity contribution in [1.29, 1.82) is 0 Å². The Morgan fingerprint density at radius 3 is 2.52 bits per heavy atom. The average Bonchev–Trinajstić information content (AvgIpc) is 2.67. The molecule has 1 saturated heterocycles. The van der Waals surface area contributed by atoms with E-state index in [-0.39, 0.29) is 12.5 Å². The third-order valence-corrected chi connectivity index (χ3v) is 4.74. The third kappa shape index (κ3) is 4.42. The molecule has 1 aliphatic heterocycles. The Labute approximate surface area is 155 Å². The Morgan fingerprint density at radius 2 is 1.88 bits per heavy atom. The molecule has 6 nitrogen and oxygen atoms in total. The molecule has 0 saturated carbocycles. The Hall–Kier alpha value is -2.28. The number of nitrogens with zero attached hydrogens (tertiary/aromatic N) is 3. The van der Waals surface area contributed by atoms with Gasteiger partial charge in [0.2, 0.25) is 0 Å². The summed E-state index contributed by atoms with van der Waals surface area (Å²) in [5.41, 5.74) is 1.14. The van der Waals surface area contributed by atoms with Crippen molar-refractivity contribution < 1.29 is 14.3 Å². The molecule has 0 atom stereocenters. The minimum absolute atomic E-state index is 0.00914. The van der Waals surface area contributed by atoms with Gasteiger partial charge in [-0.05, 0) is 52.3 Å². The first-order chi connectivity index (χ1) is 12.2. The van der Waals surface area contributed by atoms with Gasteiger partial charge in [0.15, 0.2) is 12.4 Å². The number of hydrogen-bond donors (Lipinski definition) is 0. The molecular formula is C18H20BrN3O3. The van der Waals surface area contributed by atoms with Gasteiger partial charge in [0.1, 0.15) is 10.4 Å². The molecular weight excluding hydrogens is 386 g/mol. The van der Waals surface area contributed by atoms with Gasteiger partial charge in [-0.2, -0.15) is 0 Å². The number of rotatable bonds is 5. The van der Waals surface area contributed by atoms with E-state index in [0.29, 0.717) is 23.4 Å². The van der Waals surface area contributed by atoms with E-state index in [1.165, 1.54) is 0 Å². The van der Waals surface area contributed by atoms with E-state index in [1.54, 1.807) is 25.4 Å². The van der Waals surface area contributed by atoms with Gasteiger partial charge in [0.25, 0.3) is 5.91 Å². The molecule has 0 bridgehead atoms. The second kappa shape index (κ2) is 8.20. The summed E-state index contributed by atoms with van der Waals surface area (Å²) in [5, 5.41) is 0. The Bertz CT molecular complexity index is 716. The van der Waals surface area contributed by atoms with Crippen LogP contribution in [0.3, 0.4) is 0 Å². The molecule has 7 heteroatoms. The number of carbonyl (C=O) groups excluding carboxylic acids is 1. The zero-order valence-electron chi connectivity index (χ0n) is 14.0. The molecule has 0 unspecified atom stereocenters. The molecule has 1 amide bonds. The number of anilines is 1. The fourth-order valence-corrected chi connectivity index (χ4v) is 3.08. The van der Waals surface area contributed by atoms with E-state index in [4.69, 9.17) is 9.47 Å². The van der Waals surface area contributed by atoms with E-state index < -0.39 is 0 Å². The number of halogens is 1. The van der Waals surface area contributed by atoms with Crippen molar-refractivity contribution in [3.05, 3.63) is 47.2 Å². The van der Waals surface area contributed by atoms with Crippen molar-refractivity contribution >= 4 is 27.5 Å². The predicted molar refractivity (Wildman–Crippen MR) is 99.2 cm³/mol. The van der Waals surface area contributed by atoms with Crippen LogP contribution in [0.5, 0.6) is 11.5 Å². The molecule has 0 spiro atoms. The van der Waals surface area contributed by atoms with Gasteiger partial charge >= 0.3 is 0 Å². The zero-order valence-corrected chi connectivity index (χ0v) is 15.6. The van der Waals surface area contributed by atoms with Crippen LogP contribution in [0.15, 0.2) is 47.2 Å². The second-order valence-electron chi connectivity index (χ2n) is 5.65. The normalized spacial score (nSPS) is 14.3. The SMILES string of the molecule is COc1ccc(N2CCN(C(=O)COc3cccnc3Br)CC2)cc1. The predicted octanol–water partition coefficient (Wildman–Crippen LogP) is 2.58. The Kier molecular flexibility index (Phi) is 5.75. The fraction of sp³-hybridized carbons (Fsp3) is 0.333. The van der Waals surface area contributed by atoms with E-state index in [2.05, 4.69) is 25.8 Å². The highest BCUT2D eigenvalue weighted by atomic mass is 79.9. The molecule has 0 radical (unpaired) electrons. The van der Waals surface area contributed by atoms with Crippen molar-refractivity contribution in [1.82, 2.24) is 9.88 Å². The number of aromatic nitrogens is 1. The largest absolute Gasteiger partial charge is 0.497 e. The summed E-state index contributed by atoms with van der Waals surface area (Å²) in [6.45, 7) is 2.99. The van der Waals surface area contributed by atoms with Gasteiger partial charge in [-0.3, -0.25) is 4.79 Å². The van der Waals surface area contributed by atoms with Crippen LogP contribution in [0.1, 0.15) is 0 Å². The minimum Gasteiger partial charge on any atom is -0.497 e. The summed E-state index contributed by atoms with van der Waals surface area (Å²) in [6, 6.07) is 11.5. The van der Waals surface area contributed by atoms with Crippen LogP contribution in [0.2, 0.25) is 0 Å². The Morgan fingerprint density at radius 1 is 1.16 bits per heavy atom. The number of carbonyl (C=O) groups is 1. The summed E-state index contributed by atoms with van der Waals surface area (Å²) in [7, 11) is 1.66. The van der Waals surface area contributed by atoms with Gasteiger partial charge in [-0.15, -0.1) is 0 Å². The standard InChI is InChI=1S/C18H20BrN3O3/c1-24-15-6-4-14(5-7-15)21-9-11-22(12-10-21)17(23)13-25-16-3-2-8-20-18(16)19/h2-8H,9-13H2,1H3. The fourth-order valence-electron chi connectivity index (χ4n) is 2.72. The van der Waals surface area contributed by atoms with Gasteiger partial charge in [-0.1, -0.05) is 0 Å². The lowest BCUT2D eigenvalue weighted by Gasteiger charge is -2.36. The highest BCUT2D eigenvalue weighted by Gasteiger charge is 2.21. The number of pyridine rings is 1. The third-order valence-electron chi connectivity index (χ3n) is 4.15. The maximum Gasteiger partial charge on any atom is 0.260 e. The van der Waals surface area contributed by atoms with Gasteiger partial charge in [0.05, 0.1) is 7.11 Å². The number of benzene rings is 1. The van der Waals surface area contributed by atoms with Crippen LogP contribution in [0.4, 0.5) is 5.69 Å². The lowest BCUT2D eigenvalue weighted by Crippen LogP contribution is -2.50. The van der Waals surface area contributed by atoms with Crippen LogP contribution in [0.25, 0.3) is 0 Å². The molecule has 0 N–H and O–H groups in total. The van der Waals surface area contributed by atoms with Crippen LogP contribution in [0, 0.1) is 0 Å². The van der Waals surface area contributed by atoms with E-state index >= 15 is 0 Å². The van der Waals surface area contributed by atoms with Crippen molar-refractivity contribution in [3.8, 4) is 11.5 Å². The summed E-state index contributed by atoms with van der Waals surface area (Å²) >= 11 is 3.31. The summed E-state index contributed by atoms with van der Waals surface area (Å²) in [5.74, 6) is 1.41. The van der Waals surface area contributed by atoms with E-state index in [9.17, 15) is 4.79 Å². The monoisotopic (exact) mass is 405 g/mol. The van der Waals surface area contributed by atoms with Crippen molar-refractivity contribution in [3.63, 3.8) is 0 Å². The average molecular weight is 406 g/mol. The van der Waals surface area contributed by atoms with Crippen molar-refractivity contribution in [2.24, 2.45) is 0 Å². The summed E-state index contributed by atoms with van der Waals surface area (Å²) in [6.07, 6.45) is 1.66. The van der Waals surface area contributed by atoms with Crippen molar-refractivity contribution in [2.45, 2.75) is 0 Å². The topological polar surface area (TPSA) is 54.9 Å². The molecule has 1 aromatic carbocycles. The number of amides is 1. The smallest absolute Gasteiger partial charge is 0.260 e. The summed E-state index contributed by atoms with van der Waals surface area (Å²) < 4.78 is 11.3. The van der Waals surface area contributed by atoms with Gasteiger partial charge < -0.3 is 19.3 Å². The minimum atomic E-state index is -0.00914. The van der Waals surface area contributed by atoms with Crippen molar-refractivity contribution in [2.75, 3.05) is 44.8 Å². The van der Waals surface area contributed by atoms with Crippen LogP contribution in [-0.4, -0.2) is 55.7 Å². The number of ether oxygens (including phenoxy) is 2. The van der Waals surface area contributed by atoms with Crippen LogP contribution < -0.4 is 14.4 Å². The first kappa shape index (κ1) is 17.5. The molecule has 3 rings (SSSR count). The molecule has 0 aliphatic carbocycles. The molecule has 132 valence electrons. The number of hydrogen-bond acceptors (Lipinski definition) is 5. The highest BCUT2D eigenvalue weighted by Crippen LogP contribution is 2.22. The molecule has 25 heavy (non-hydrogen) atoms. The van der Waals surface area contributed by atoms with Gasteiger partial charge in [-0.25, -0.2) is 4.98 Å². The number of methoxy groups -OCH3 is 1. The first-order valence-electron chi connectivity index (χ1n) is 8.07. The zero-order chi connectivity index (χ0) is 17.6. The van der Waals surface area contributed by atoms with Crippen LogP contribution >= 0.6 is 15.9 Å². The molecule has 1 aromatic heterocycles. The summed E-state index contributed by atoms with van der Waals surface area (Å²) in [4.78, 5) is 20.5. The molecule has 2 aromatic rings. The quantitative estimate of drug-likeness (QED) is 0.715. The van der Waals surface area contributed by atoms with Crippen LogP contribution in [-0.2, 0) is 4.79 Å². The molecule has 1 fully saturated rings. The first-order valence-corrected chi connectivity index (χ1v) is 8.87. The maximum absolute atomic E-state index is 12.3. The lowest BCUT2D eigenvalue weighted by molar-refractivity contribution is -0.133. The second-order valence-corrected chi connectivity index (χ2v) is 6.40. The van der Waals surface area contributed by atoms with Gasteiger partial charge in [0, 0.05) is 38.1 Å². The molecule has 1 aliphatic rings. The Balaban J connectivity index is 1.49. The van der Waals surface area contributed by atoms with E-state index in [1.807, 2.05) is 29.2 Å². The lowest BCUT2D eigenvalue weighted by atomic mass is 10.2.